The summed E-state index contributed by atoms with van der Waals surface area (Å²) < 4.78 is 13.2. The van der Waals surface area contributed by atoms with E-state index in [1.807, 2.05) is 49.6 Å². The molecule has 0 spiro atoms. The van der Waals surface area contributed by atoms with E-state index in [0.29, 0.717) is 24.7 Å². The number of carbonyl (C=O) groups excluding carboxylic acids is 1. The van der Waals surface area contributed by atoms with Gasteiger partial charge in [0.1, 0.15) is 25.6 Å². The summed E-state index contributed by atoms with van der Waals surface area (Å²) in [5, 5.41) is 2.99. The number of hydrogen-bond acceptors (Lipinski definition) is 4. The van der Waals surface area contributed by atoms with Crippen LogP contribution in [0.1, 0.15) is 17.0 Å². The SMILES string of the molecule is Cc1ccc(NC(=O)Cn2c(C)nc3cc4c(cc32)OCCO4)c(C)c1. The average Bonchev–Trinajstić information content (AvgIpc) is 2.90. The van der Waals surface area contributed by atoms with E-state index in [0.717, 1.165) is 28.1 Å². The van der Waals surface area contributed by atoms with Crippen molar-refractivity contribution in [3.8, 4) is 11.5 Å². The molecule has 3 aromatic rings. The topological polar surface area (TPSA) is 65.4 Å². The zero-order valence-corrected chi connectivity index (χ0v) is 15.1. The summed E-state index contributed by atoms with van der Waals surface area (Å²) in [5.74, 6) is 2.08. The molecular formula is C20H21N3O3. The summed E-state index contributed by atoms with van der Waals surface area (Å²) in [5.41, 5.74) is 4.71. The number of carbonyl (C=O) groups is 1. The van der Waals surface area contributed by atoms with Crippen LogP contribution < -0.4 is 14.8 Å². The van der Waals surface area contributed by atoms with Gasteiger partial charge in [-0.15, -0.1) is 0 Å². The summed E-state index contributed by atoms with van der Waals surface area (Å²) in [6.45, 7) is 7.17. The summed E-state index contributed by atoms with van der Waals surface area (Å²) in [4.78, 5) is 17.1. The highest BCUT2D eigenvalue weighted by Crippen LogP contribution is 2.34. The Morgan fingerprint density at radius 3 is 2.58 bits per heavy atom. The third kappa shape index (κ3) is 2.98. The predicted molar refractivity (Wildman–Crippen MR) is 100 cm³/mol. The first-order valence-corrected chi connectivity index (χ1v) is 8.65. The van der Waals surface area contributed by atoms with E-state index >= 15 is 0 Å². The Morgan fingerprint density at radius 2 is 1.85 bits per heavy atom. The molecule has 0 saturated heterocycles. The van der Waals surface area contributed by atoms with Gasteiger partial charge in [0.2, 0.25) is 5.91 Å². The molecule has 1 aliphatic rings. The summed E-state index contributed by atoms with van der Waals surface area (Å²) in [7, 11) is 0. The third-order valence-electron chi connectivity index (χ3n) is 4.56. The number of ether oxygens (including phenoxy) is 2. The molecule has 2 heterocycles. The predicted octanol–water partition coefficient (Wildman–Crippen LogP) is 3.37. The Hall–Kier alpha value is -3.02. The lowest BCUT2D eigenvalue weighted by molar-refractivity contribution is -0.116. The molecule has 1 amide bonds. The average molecular weight is 351 g/mol. The van der Waals surface area contributed by atoms with Crippen LogP contribution in [0, 0.1) is 20.8 Å². The highest BCUT2D eigenvalue weighted by molar-refractivity contribution is 5.92. The molecule has 0 saturated carbocycles. The monoisotopic (exact) mass is 351 g/mol. The lowest BCUT2D eigenvalue weighted by Crippen LogP contribution is -2.20. The van der Waals surface area contributed by atoms with Gasteiger partial charge in [-0.1, -0.05) is 17.7 Å². The standard InChI is InChI=1S/C20H21N3O3/c1-12-4-5-15(13(2)8-12)22-20(24)11-23-14(3)21-16-9-18-19(10-17(16)23)26-7-6-25-18/h4-5,8-10H,6-7,11H2,1-3H3,(H,22,24). The number of aromatic nitrogens is 2. The van der Waals surface area contributed by atoms with Gasteiger partial charge in [0.25, 0.3) is 0 Å². The van der Waals surface area contributed by atoms with Crippen molar-refractivity contribution in [3.05, 3.63) is 47.3 Å². The molecule has 0 radical (unpaired) electrons. The fourth-order valence-electron chi connectivity index (χ4n) is 3.27. The molecule has 4 rings (SSSR count). The Bertz CT molecular complexity index is 1010. The number of hydrogen-bond donors (Lipinski definition) is 1. The Kier molecular flexibility index (Phi) is 4.03. The zero-order chi connectivity index (χ0) is 18.3. The maximum Gasteiger partial charge on any atom is 0.244 e. The van der Waals surface area contributed by atoms with Gasteiger partial charge in [0, 0.05) is 17.8 Å². The highest BCUT2D eigenvalue weighted by atomic mass is 16.6. The van der Waals surface area contributed by atoms with Gasteiger partial charge in [0.05, 0.1) is 11.0 Å². The second kappa shape index (κ2) is 6.37. The van der Waals surface area contributed by atoms with Crippen molar-refractivity contribution in [1.29, 1.82) is 0 Å². The Balaban J connectivity index is 1.62. The molecule has 6 nitrogen and oxygen atoms in total. The molecule has 6 heteroatoms. The van der Waals surface area contributed by atoms with Crippen LogP contribution in [0.4, 0.5) is 5.69 Å². The molecule has 0 aliphatic carbocycles. The Morgan fingerprint density at radius 1 is 1.12 bits per heavy atom. The summed E-state index contributed by atoms with van der Waals surface area (Å²) in [6.07, 6.45) is 0. The highest BCUT2D eigenvalue weighted by Gasteiger charge is 2.18. The molecule has 1 N–H and O–H groups in total. The molecule has 0 atom stereocenters. The molecule has 1 aromatic heterocycles. The molecular weight excluding hydrogens is 330 g/mol. The van der Waals surface area contributed by atoms with Crippen molar-refractivity contribution >= 4 is 22.6 Å². The van der Waals surface area contributed by atoms with Crippen LogP contribution in [0.5, 0.6) is 11.5 Å². The van der Waals surface area contributed by atoms with Gasteiger partial charge in [-0.25, -0.2) is 4.98 Å². The number of imidazole rings is 1. The van der Waals surface area contributed by atoms with Crippen molar-refractivity contribution in [2.24, 2.45) is 0 Å². The quantitative estimate of drug-likeness (QED) is 0.786. The van der Waals surface area contributed by atoms with Crippen LogP contribution >= 0.6 is 0 Å². The fraction of sp³-hybridized carbons (Fsp3) is 0.300. The second-order valence-corrected chi connectivity index (χ2v) is 6.60. The molecule has 0 bridgehead atoms. The zero-order valence-electron chi connectivity index (χ0n) is 15.1. The van der Waals surface area contributed by atoms with Crippen molar-refractivity contribution < 1.29 is 14.3 Å². The maximum absolute atomic E-state index is 12.6. The number of amides is 1. The van der Waals surface area contributed by atoms with Crippen molar-refractivity contribution in [3.63, 3.8) is 0 Å². The molecule has 134 valence electrons. The van der Waals surface area contributed by atoms with Gasteiger partial charge in [-0.3, -0.25) is 4.79 Å². The smallest absolute Gasteiger partial charge is 0.244 e. The number of rotatable bonds is 3. The van der Waals surface area contributed by atoms with Gasteiger partial charge in [-0.2, -0.15) is 0 Å². The normalized spacial score (nSPS) is 13.0. The van der Waals surface area contributed by atoms with Crippen LogP contribution in [0.3, 0.4) is 0 Å². The van der Waals surface area contributed by atoms with E-state index in [1.165, 1.54) is 5.56 Å². The van der Waals surface area contributed by atoms with Gasteiger partial charge >= 0.3 is 0 Å². The first-order valence-electron chi connectivity index (χ1n) is 8.65. The third-order valence-corrected chi connectivity index (χ3v) is 4.56. The van der Waals surface area contributed by atoms with Crippen LogP contribution in [0.2, 0.25) is 0 Å². The number of nitrogens with one attached hydrogen (secondary N) is 1. The number of fused-ring (bicyclic) bond motifs is 2. The molecule has 1 aliphatic heterocycles. The lowest BCUT2D eigenvalue weighted by atomic mass is 10.1. The van der Waals surface area contributed by atoms with Crippen molar-refractivity contribution in [2.75, 3.05) is 18.5 Å². The van der Waals surface area contributed by atoms with Gasteiger partial charge in [0.15, 0.2) is 11.5 Å². The first-order chi connectivity index (χ1) is 12.5. The number of benzene rings is 2. The van der Waals surface area contributed by atoms with Crippen molar-refractivity contribution in [2.45, 2.75) is 27.3 Å². The number of anilines is 1. The van der Waals surface area contributed by atoms with E-state index in [9.17, 15) is 4.79 Å². The van der Waals surface area contributed by atoms with E-state index < -0.39 is 0 Å². The molecule has 2 aromatic carbocycles. The lowest BCUT2D eigenvalue weighted by Gasteiger charge is -2.18. The molecule has 26 heavy (non-hydrogen) atoms. The van der Waals surface area contributed by atoms with Crippen LogP contribution in [-0.2, 0) is 11.3 Å². The summed E-state index contributed by atoms with van der Waals surface area (Å²) in [6, 6.07) is 9.74. The fourth-order valence-corrected chi connectivity index (χ4v) is 3.27. The summed E-state index contributed by atoms with van der Waals surface area (Å²) >= 11 is 0. The van der Waals surface area contributed by atoms with Gasteiger partial charge in [-0.05, 0) is 32.4 Å². The van der Waals surface area contributed by atoms with Crippen molar-refractivity contribution in [1.82, 2.24) is 9.55 Å². The van der Waals surface area contributed by atoms with Crippen LogP contribution in [0.15, 0.2) is 30.3 Å². The number of nitrogens with zero attached hydrogens (tertiary/aromatic N) is 2. The minimum absolute atomic E-state index is 0.0887. The van der Waals surface area contributed by atoms with E-state index in [2.05, 4.69) is 16.4 Å². The Labute approximate surface area is 151 Å². The minimum atomic E-state index is -0.0887. The minimum Gasteiger partial charge on any atom is -0.486 e. The molecule has 0 fully saturated rings. The maximum atomic E-state index is 12.6. The van der Waals surface area contributed by atoms with Gasteiger partial charge < -0.3 is 19.4 Å². The second-order valence-electron chi connectivity index (χ2n) is 6.60. The van der Waals surface area contributed by atoms with E-state index in [4.69, 9.17) is 9.47 Å². The first kappa shape index (κ1) is 16.4. The van der Waals surface area contributed by atoms with Crippen LogP contribution in [0.25, 0.3) is 11.0 Å². The molecule has 0 unspecified atom stereocenters. The largest absolute Gasteiger partial charge is 0.486 e. The van der Waals surface area contributed by atoms with E-state index in [-0.39, 0.29) is 12.5 Å². The van der Waals surface area contributed by atoms with Crippen LogP contribution in [-0.4, -0.2) is 28.7 Å². The number of aryl methyl sites for hydroxylation is 3. The van der Waals surface area contributed by atoms with E-state index in [1.54, 1.807) is 0 Å².